The van der Waals surface area contributed by atoms with Crippen LogP contribution in [0.15, 0.2) is 30.9 Å². The van der Waals surface area contributed by atoms with Gasteiger partial charge in [0.1, 0.15) is 0 Å². The minimum atomic E-state index is -0.488. The molecule has 5 heteroatoms. The molecule has 0 aliphatic rings. The molecule has 0 fully saturated rings. The van der Waals surface area contributed by atoms with Gasteiger partial charge in [-0.25, -0.2) is 14.6 Å². The van der Waals surface area contributed by atoms with E-state index in [4.69, 9.17) is 0 Å². The molecule has 0 aliphatic carbocycles. The molecule has 88 valence electrons. The largest absolute Gasteiger partial charge is 0.292 e. The minimum absolute atomic E-state index is 0.0453. The normalized spacial score (nSPS) is 11.5. The van der Waals surface area contributed by atoms with Gasteiger partial charge in [-0.3, -0.25) is 4.79 Å². The van der Waals surface area contributed by atoms with E-state index in [1.165, 1.54) is 6.20 Å². The Morgan fingerprint density at radius 3 is 2.47 bits per heavy atom. The van der Waals surface area contributed by atoms with Gasteiger partial charge >= 0.3 is 0 Å². The molecular formula is C12H14N4O. The molecule has 2 aromatic rings. The Kier molecular flexibility index (Phi) is 2.75. The molecule has 0 amide bonds. The number of aromatic nitrogens is 4. The van der Waals surface area contributed by atoms with Crippen LogP contribution < -0.4 is 0 Å². The minimum Gasteiger partial charge on any atom is -0.292 e. The molecule has 0 saturated carbocycles. The molecule has 2 heterocycles. The number of Topliss-reactive ketones (excluding diaryl/α,β-unsaturated/α-hetero) is 1. The highest BCUT2D eigenvalue weighted by atomic mass is 16.1. The summed E-state index contributed by atoms with van der Waals surface area (Å²) in [5.41, 5.74) is -0.138. The number of nitrogens with zero attached hydrogens (tertiary/aromatic N) is 4. The van der Waals surface area contributed by atoms with Gasteiger partial charge in [-0.2, -0.15) is 5.10 Å². The van der Waals surface area contributed by atoms with Crippen LogP contribution in [0.1, 0.15) is 31.3 Å². The fourth-order valence-corrected chi connectivity index (χ4v) is 1.41. The van der Waals surface area contributed by atoms with E-state index < -0.39 is 5.41 Å². The van der Waals surface area contributed by atoms with Crippen LogP contribution in [0.5, 0.6) is 0 Å². The lowest BCUT2D eigenvalue weighted by Gasteiger charge is -2.17. The Labute approximate surface area is 99.5 Å². The SMILES string of the molecule is CC(C)(C)C(=O)c1nccnc1-n1cccn1. The van der Waals surface area contributed by atoms with Gasteiger partial charge in [0.25, 0.3) is 0 Å². The van der Waals surface area contributed by atoms with Crippen molar-refractivity contribution >= 4 is 5.78 Å². The maximum absolute atomic E-state index is 12.2. The summed E-state index contributed by atoms with van der Waals surface area (Å²) in [5, 5.41) is 4.07. The predicted molar refractivity (Wildman–Crippen MR) is 62.9 cm³/mol. The summed E-state index contributed by atoms with van der Waals surface area (Å²) >= 11 is 0. The molecule has 0 spiro atoms. The van der Waals surface area contributed by atoms with Gasteiger partial charge in [-0.1, -0.05) is 20.8 Å². The number of rotatable bonds is 2. The summed E-state index contributed by atoms with van der Waals surface area (Å²) in [4.78, 5) is 20.5. The van der Waals surface area contributed by atoms with Crippen molar-refractivity contribution in [1.29, 1.82) is 0 Å². The van der Waals surface area contributed by atoms with E-state index in [1.807, 2.05) is 20.8 Å². The number of hydrogen-bond acceptors (Lipinski definition) is 4. The zero-order valence-electron chi connectivity index (χ0n) is 10.1. The highest BCUT2D eigenvalue weighted by Crippen LogP contribution is 2.22. The second-order valence-corrected chi connectivity index (χ2v) is 4.76. The van der Waals surface area contributed by atoms with Gasteiger partial charge in [0.2, 0.25) is 0 Å². The van der Waals surface area contributed by atoms with Gasteiger partial charge in [0, 0.05) is 30.2 Å². The van der Waals surface area contributed by atoms with Crippen molar-refractivity contribution in [3.8, 4) is 5.82 Å². The van der Waals surface area contributed by atoms with Crippen LogP contribution in [-0.4, -0.2) is 25.5 Å². The third kappa shape index (κ3) is 2.22. The van der Waals surface area contributed by atoms with Gasteiger partial charge in [0.05, 0.1) is 0 Å². The third-order valence-electron chi connectivity index (χ3n) is 2.30. The number of carbonyl (C=O) groups is 1. The Bertz CT molecular complexity index is 526. The molecule has 0 aromatic carbocycles. The molecule has 0 saturated heterocycles. The highest BCUT2D eigenvalue weighted by Gasteiger charge is 2.27. The molecule has 17 heavy (non-hydrogen) atoms. The Balaban J connectivity index is 2.53. The summed E-state index contributed by atoms with van der Waals surface area (Å²) in [5.74, 6) is 0.425. The number of carbonyl (C=O) groups excluding carboxylic acids is 1. The van der Waals surface area contributed by atoms with Gasteiger partial charge in [-0.15, -0.1) is 0 Å². The molecule has 0 atom stereocenters. The van der Waals surface area contributed by atoms with Gasteiger partial charge in [-0.05, 0) is 6.07 Å². The Morgan fingerprint density at radius 2 is 1.88 bits per heavy atom. The fraction of sp³-hybridized carbons (Fsp3) is 0.333. The molecular weight excluding hydrogens is 216 g/mol. The van der Waals surface area contributed by atoms with Crippen LogP contribution in [0, 0.1) is 5.41 Å². The van der Waals surface area contributed by atoms with Gasteiger partial charge < -0.3 is 0 Å². The second-order valence-electron chi connectivity index (χ2n) is 4.76. The molecule has 0 bridgehead atoms. The Morgan fingerprint density at radius 1 is 1.18 bits per heavy atom. The van der Waals surface area contributed by atoms with E-state index in [0.717, 1.165) is 0 Å². The zero-order chi connectivity index (χ0) is 12.5. The smallest absolute Gasteiger partial charge is 0.190 e. The lowest BCUT2D eigenvalue weighted by molar-refractivity contribution is 0.0852. The average Bonchev–Trinajstić information content (AvgIpc) is 2.80. The molecule has 5 nitrogen and oxygen atoms in total. The van der Waals surface area contributed by atoms with E-state index >= 15 is 0 Å². The molecule has 0 unspecified atom stereocenters. The fourth-order valence-electron chi connectivity index (χ4n) is 1.41. The maximum Gasteiger partial charge on any atom is 0.190 e. The highest BCUT2D eigenvalue weighted by molar-refractivity contribution is 6.00. The lowest BCUT2D eigenvalue weighted by Crippen LogP contribution is -2.23. The second kappa shape index (κ2) is 4.08. The van der Waals surface area contributed by atoms with E-state index in [2.05, 4.69) is 15.1 Å². The molecule has 0 aliphatic heterocycles. The van der Waals surface area contributed by atoms with E-state index in [-0.39, 0.29) is 5.78 Å². The topological polar surface area (TPSA) is 60.7 Å². The first-order valence-corrected chi connectivity index (χ1v) is 5.36. The quantitative estimate of drug-likeness (QED) is 0.739. The summed E-state index contributed by atoms with van der Waals surface area (Å²) in [6.45, 7) is 5.57. The van der Waals surface area contributed by atoms with Crippen molar-refractivity contribution in [1.82, 2.24) is 19.7 Å². The van der Waals surface area contributed by atoms with Crippen molar-refractivity contribution < 1.29 is 4.79 Å². The Hall–Kier alpha value is -2.04. The van der Waals surface area contributed by atoms with Crippen molar-refractivity contribution in [2.24, 2.45) is 5.41 Å². The van der Waals surface area contributed by atoms with Crippen molar-refractivity contribution in [2.75, 3.05) is 0 Å². The van der Waals surface area contributed by atoms with Crippen LogP contribution in [-0.2, 0) is 0 Å². The van der Waals surface area contributed by atoms with Crippen LogP contribution in [0.3, 0.4) is 0 Å². The average molecular weight is 230 g/mol. The summed E-state index contributed by atoms with van der Waals surface area (Å²) in [6.07, 6.45) is 6.45. The summed E-state index contributed by atoms with van der Waals surface area (Å²) in [7, 11) is 0. The van der Waals surface area contributed by atoms with Crippen LogP contribution >= 0.6 is 0 Å². The number of hydrogen-bond donors (Lipinski definition) is 0. The maximum atomic E-state index is 12.2. The summed E-state index contributed by atoms with van der Waals surface area (Å²) in [6, 6.07) is 1.78. The predicted octanol–water partition coefficient (Wildman–Crippen LogP) is 1.89. The van der Waals surface area contributed by atoms with E-state index in [1.54, 1.807) is 29.3 Å². The molecule has 2 aromatic heterocycles. The van der Waals surface area contributed by atoms with E-state index in [0.29, 0.717) is 11.5 Å². The zero-order valence-corrected chi connectivity index (χ0v) is 10.1. The molecule has 0 radical (unpaired) electrons. The lowest BCUT2D eigenvalue weighted by atomic mass is 9.89. The first-order valence-electron chi connectivity index (χ1n) is 5.36. The van der Waals surface area contributed by atoms with Crippen LogP contribution in [0.4, 0.5) is 0 Å². The number of ketones is 1. The third-order valence-corrected chi connectivity index (χ3v) is 2.30. The van der Waals surface area contributed by atoms with Crippen molar-refractivity contribution in [3.63, 3.8) is 0 Å². The first kappa shape index (κ1) is 11.4. The van der Waals surface area contributed by atoms with Crippen molar-refractivity contribution in [3.05, 3.63) is 36.5 Å². The molecule has 0 N–H and O–H groups in total. The van der Waals surface area contributed by atoms with Gasteiger partial charge in [0.15, 0.2) is 17.3 Å². The monoisotopic (exact) mass is 230 g/mol. The van der Waals surface area contributed by atoms with E-state index in [9.17, 15) is 4.79 Å². The van der Waals surface area contributed by atoms with Crippen LogP contribution in [0.2, 0.25) is 0 Å². The standard InChI is InChI=1S/C12H14N4O/c1-12(2,3)10(17)9-11(14-7-6-13-9)16-8-4-5-15-16/h4-8H,1-3H3. The van der Waals surface area contributed by atoms with Crippen LogP contribution in [0.25, 0.3) is 5.82 Å². The molecule has 2 rings (SSSR count). The van der Waals surface area contributed by atoms with Crippen molar-refractivity contribution in [2.45, 2.75) is 20.8 Å². The summed E-state index contributed by atoms with van der Waals surface area (Å²) < 4.78 is 1.55. The first-order chi connectivity index (χ1) is 8.00.